The van der Waals surface area contributed by atoms with Crippen LogP contribution in [0.25, 0.3) is 27.7 Å². The summed E-state index contributed by atoms with van der Waals surface area (Å²) in [5, 5.41) is 19.0. The normalized spacial score (nSPS) is 14.6. The minimum absolute atomic E-state index is 0.301. The highest BCUT2D eigenvalue weighted by Crippen LogP contribution is 2.44. The van der Waals surface area contributed by atoms with Crippen molar-refractivity contribution >= 4 is 16.6 Å². The molecule has 2 aromatic heterocycles. The quantitative estimate of drug-likeness (QED) is 0.515. The third-order valence-corrected chi connectivity index (χ3v) is 5.41. The molecule has 6 nitrogen and oxygen atoms in total. The second kappa shape index (κ2) is 5.37. The predicted molar refractivity (Wildman–Crippen MR) is 102 cm³/mol. The highest BCUT2D eigenvalue weighted by molar-refractivity contribution is 5.97. The van der Waals surface area contributed by atoms with Gasteiger partial charge in [0.25, 0.3) is 0 Å². The van der Waals surface area contributed by atoms with Crippen molar-refractivity contribution in [1.82, 2.24) is 25.0 Å². The van der Waals surface area contributed by atoms with Crippen molar-refractivity contribution in [2.24, 2.45) is 0 Å². The van der Waals surface area contributed by atoms with Crippen molar-refractivity contribution < 1.29 is 8.78 Å². The predicted octanol–water partition coefficient (Wildman–Crippen LogP) is 4.37. The topological polar surface area (TPSA) is 71.4 Å². The van der Waals surface area contributed by atoms with E-state index in [1.165, 1.54) is 12.1 Å². The van der Waals surface area contributed by atoms with Crippen LogP contribution in [0, 0.1) is 25.5 Å². The van der Waals surface area contributed by atoms with E-state index in [-0.39, 0.29) is 5.82 Å². The van der Waals surface area contributed by atoms with E-state index in [0.29, 0.717) is 45.1 Å². The maximum atomic E-state index is 15.3. The van der Waals surface area contributed by atoms with E-state index in [1.807, 2.05) is 32.3 Å². The molecule has 1 aliphatic rings. The number of nitrogens with one attached hydrogen (secondary N) is 2. The molecule has 2 N–H and O–H groups in total. The van der Waals surface area contributed by atoms with Crippen LogP contribution in [0.2, 0.25) is 0 Å². The van der Waals surface area contributed by atoms with Gasteiger partial charge in [0.2, 0.25) is 0 Å². The number of aromatic nitrogens is 5. The Morgan fingerprint density at radius 3 is 2.61 bits per heavy atom. The van der Waals surface area contributed by atoms with Gasteiger partial charge in [0.05, 0.1) is 23.1 Å². The molecule has 5 rings (SSSR count). The fourth-order valence-corrected chi connectivity index (χ4v) is 4.05. The Balaban J connectivity index is 1.86. The summed E-state index contributed by atoms with van der Waals surface area (Å²) in [7, 11) is 0. The number of hydrogen-bond donors (Lipinski definition) is 2. The number of benzene rings is 2. The Kier molecular flexibility index (Phi) is 3.23. The van der Waals surface area contributed by atoms with Gasteiger partial charge in [0.1, 0.15) is 23.0 Å². The van der Waals surface area contributed by atoms with Gasteiger partial charge in [0, 0.05) is 5.39 Å². The first-order chi connectivity index (χ1) is 13.3. The van der Waals surface area contributed by atoms with E-state index in [1.54, 1.807) is 12.3 Å². The summed E-state index contributed by atoms with van der Waals surface area (Å²) >= 11 is 0. The van der Waals surface area contributed by atoms with Crippen LogP contribution in [0.4, 0.5) is 14.5 Å². The van der Waals surface area contributed by atoms with E-state index >= 15 is 4.39 Å². The molecule has 0 aliphatic carbocycles. The molecule has 0 spiro atoms. The van der Waals surface area contributed by atoms with Gasteiger partial charge in [-0.25, -0.2) is 8.78 Å². The molecule has 1 aliphatic heterocycles. The zero-order chi connectivity index (χ0) is 19.8. The lowest BCUT2D eigenvalue weighted by Gasteiger charge is -2.35. The second-order valence-corrected chi connectivity index (χ2v) is 7.66. The minimum Gasteiger partial charge on any atom is -0.369 e. The first-order valence-corrected chi connectivity index (χ1v) is 8.95. The van der Waals surface area contributed by atoms with Crippen LogP contribution in [0.15, 0.2) is 24.4 Å². The summed E-state index contributed by atoms with van der Waals surface area (Å²) in [6.45, 7) is 7.64. The van der Waals surface area contributed by atoms with Crippen LogP contribution >= 0.6 is 0 Å². The molecule has 0 amide bonds. The average Bonchev–Trinajstić information content (AvgIpc) is 3.27. The Bertz CT molecular complexity index is 1270. The standard InChI is InChI=1S/C20H18F2N6/c1-9-12(11-5-6-14(21)16-13(11)8-23-26-16)7-15(22)17-18(9)28-10(2)25-27-19(28)20(3,4)24-17/h5-8,24H,1-4H3,(H,23,26). The fraction of sp³-hybridized carbons (Fsp3) is 0.250. The Morgan fingerprint density at radius 1 is 1.04 bits per heavy atom. The number of anilines is 1. The number of aryl methyl sites for hydroxylation is 1. The fourth-order valence-electron chi connectivity index (χ4n) is 4.05. The van der Waals surface area contributed by atoms with E-state index in [9.17, 15) is 4.39 Å². The van der Waals surface area contributed by atoms with Gasteiger partial charge in [-0.3, -0.25) is 9.67 Å². The molecule has 0 unspecified atom stereocenters. The molecular formula is C20H18F2N6. The number of aromatic amines is 1. The lowest BCUT2D eigenvalue weighted by molar-refractivity contribution is 0.521. The average molecular weight is 380 g/mol. The third-order valence-electron chi connectivity index (χ3n) is 5.41. The molecule has 0 saturated carbocycles. The van der Waals surface area contributed by atoms with E-state index < -0.39 is 11.4 Å². The monoisotopic (exact) mass is 380 g/mol. The number of H-pyrrole nitrogens is 1. The summed E-state index contributed by atoms with van der Waals surface area (Å²) in [5.41, 5.74) is 3.04. The maximum absolute atomic E-state index is 15.3. The minimum atomic E-state index is -0.573. The van der Waals surface area contributed by atoms with Crippen LogP contribution in [0.5, 0.6) is 0 Å². The molecule has 4 aromatic rings. The molecule has 0 radical (unpaired) electrons. The molecular weight excluding hydrogens is 362 g/mol. The second-order valence-electron chi connectivity index (χ2n) is 7.66. The van der Waals surface area contributed by atoms with Crippen molar-refractivity contribution in [2.75, 3.05) is 5.32 Å². The number of halogens is 2. The lowest BCUT2D eigenvalue weighted by Crippen LogP contribution is -2.37. The molecule has 0 atom stereocenters. The molecule has 3 heterocycles. The number of nitrogens with zero attached hydrogens (tertiary/aromatic N) is 4. The number of rotatable bonds is 1. The zero-order valence-corrected chi connectivity index (χ0v) is 15.9. The molecule has 142 valence electrons. The molecule has 8 heteroatoms. The first kappa shape index (κ1) is 16.9. The molecule has 28 heavy (non-hydrogen) atoms. The Morgan fingerprint density at radius 2 is 1.82 bits per heavy atom. The molecule has 0 bridgehead atoms. The Labute approximate surface area is 159 Å². The highest BCUT2D eigenvalue weighted by Gasteiger charge is 2.37. The van der Waals surface area contributed by atoms with Crippen LogP contribution < -0.4 is 5.32 Å². The summed E-state index contributed by atoms with van der Waals surface area (Å²) in [6.07, 6.45) is 1.56. The summed E-state index contributed by atoms with van der Waals surface area (Å²) in [5.74, 6) is 0.610. The van der Waals surface area contributed by atoms with Crippen molar-refractivity contribution in [3.8, 4) is 16.8 Å². The smallest absolute Gasteiger partial charge is 0.162 e. The summed E-state index contributed by atoms with van der Waals surface area (Å²) in [4.78, 5) is 0. The number of fused-ring (bicyclic) bond motifs is 4. The molecule has 2 aromatic carbocycles. The van der Waals surface area contributed by atoms with E-state index in [2.05, 4.69) is 25.7 Å². The summed E-state index contributed by atoms with van der Waals surface area (Å²) in [6, 6.07) is 4.51. The van der Waals surface area contributed by atoms with Crippen LogP contribution in [-0.4, -0.2) is 25.0 Å². The van der Waals surface area contributed by atoms with Gasteiger partial charge in [0.15, 0.2) is 5.82 Å². The highest BCUT2D eigenvalue weighted by atomic mass is 19.1. The van der Waals surface area contributed by atoms with Gasteiger partial charge in [-0.1, -0.05) is 6.07 Å². The summed E-state index contributed by atoms with van der Waals surface area (Å²) < 4.78 is 31.2. The SMILES string of the molecule is Cc1c(-c2ccc(F)c3[nH]ncc23)cc(F)c2c1-n1c(C)nnc1C(C)(C)N2. The third kappa shape index (κ3) is 2.08. The van der Waals surface area contributed by atoms with Gasteiger partial charge >= 0.3 is 0 Å². The number of hydrogen-bond acceptors (Lipinski definition) is 4. The lowest BCUT2D eigenvalue weighted by atomic mass is 9.92. The zero-order valence-electron chi connectivity index (χ0n) is 15.9. The van der Waals surface area contributed by atoms with Crippen molar-refractivity contribution in [2.45, 2.75) is 33.2 Å². The van der Waals surface area contributed by atoms with E-state index in [0.717, 1.165) is 5.56 Å². The largest absolute Gasteiger partial charge is 0.369 e. The molecule has 0 saturated heterocycles. The molecule has 0 fully saturated rings. The first-order valence-electron chi connectivity index (χ1n) is 8.95. The van der Waals surface area contributed by atoms with E-state index in [4.69, 9.17) is 0 Å². The Hall–Kier alpha value is -3.29. The van der Waals surface area contributed by atoms with Crippen LogP contribution in [0.1, 0.15) is 31.1 Å². The van der Waals surface area contributed by atoms with Crippen LogP contribution in [-0.2, 0) is 5.54 Å². The van der Waals surface area contributed by atoms with Crippen LogP contribution in [0.3, 0.4) is 0 Å². The van der Waals surface area contributed by atoms with Gasteiger partial charge in [-0.2, -0.15) is 5.10 Å². The van der Waals surface area contributed by atoms with Gasteiger partial charge < -0.3 is 5.32 Å². The van der Waals surface area contributed by atoms with Gasteiger partial charge in [-0.05, 0) is 56.5 Å². The van der Waals surface area contributed by atoms with Crippen molar-refractivity contribution in [3.63, 3.8) is 0 Å². The maximum Gasteiger partial charge on any atom is 0.162 e. The van der Waals surface area contributed by atoms with Crippen molar-refractivity contribution in [3.05, 3.63) is 53.2 Å². The van der Waals surface area contributed by atoms with Crippen molar-refractivity contribution in [1.29, 1.82) is 0 Å². The van der Waals surface area contributed by atoms with Gasteiger partial charge in [-0.15, -0.1) is 10.2 Å².